The van der Waals surface area contributed by atoms with E-state index in [0.29, 0.717) is 12.1 Å². The van der Waals surface area contributed by atoms with E-state index in [1.54, 1.807) is 0 Å². The molecule has 1 saturated carbocycles. The molecule has 0 aliphatic heterocycles. The van der Waals surface area contributed by atoms with Crippen molar-refractivity contribution in [1.29, 1.82) is 0 Å². The fourth-order valence-electron chi connectivity index (χ4n) is 2.85. The zero-order chi connectivity index (χ0) is 11.5. The van der Waals surface area contributed by atoms with Crippen molar-refractivity contribution in [3.63, 3.8) is 0 Å². The Balaban J connectivity index is 2.14. The van der Waals surface area contributed by atoms with Crippen LogP contribution in [0, 0.1) is 12.8 Å². The Bertz CT molecular complexity index is 332. The van der Waals surface area contributed by atoms with Crippen molar-refractivity contribution in [3.05, 3.63) is 18.0 Å². The normalized spacial score (nSPS) is 30.6. The average Bonchev–Trinajstić information content (AvgIpc) is 2.75. The van der Waals surface area contributed by atoms with Gasteiger partial charge in [0.15, 0.2) is 0 Å². The van der Waals surface area contributed by atoms with Gasteiger partial charge in [-0.1, -0.05) is 13.3 Å². The molecule has 1 aromatic heterocycles. The fraction of sp³-hybridized carbons (Fsp3) is 0.769. The van der Waals surface area contributed by atoms with Crippen LogP contribution < -0.4 is 5.32 Å². The van der Waals surface area contributed by atoms with Crippen LogP contribution in [0.2, 0.25) is 0 Å². The third-order valence-electron chi connectivity index (χ3n) is 3.94. The van der Waals surface area contributed by atoms with Gasteiger partial charge in [-0.25, -0.2) is 0 Å². The number of aryl methyl sites for hydroxylation is 1. The molecule has 0 bridgehead atoms. The Morgan fingerprint density at radius 2 is 2.31 bits per heavy atom. The van der Waals surface area contributed by atoms with Gasteiger partial charge in [0, 0.05) is 12.2 Å². The summed E-state index contributed by atoms with van der Waals surface area (Å²) in [6.45, 7) is 4.41. The van der Waals surface area contributed by atoms with E-state index in [1.165, 1.54) is 31.2 Å². The van der Waals surface area contributed by atoms with Gasteiger partial charge in [-0.3, -0.25) is 4.68 Å². The summed E-state index contributed by atoms with van der Waals surface area (Å²) < 4.78 is 2.16. The van der Waals surface area contributed by atoms with E-state index in [9.17, 15) is 0 Å². The third-order valence-corrected chi connectivity index (χ3v) is 3.94. The largest absolute Gasteiger partial charge is 0.315 e. The Hall–Kier alpha value is -0.830. The van der Waals surface area contributed by atoms with Gasteiger partial charge in [0.1, 0.15) is 0 Å². The molecule has 1 aromatic rings. The minimum Gasteiger partial charge on any atom is -0.315 e. The molecule has 0 spiro atoms. The number of likely N-dealkylation sites (N-methyl/N-ethyl adjacent to an activating group) is 1. The Morgan fingerprint density at radius 3 is 2.88 bits per heavy atom. The first-order valence-electron chi connectivity index (χ1n) is 6.42. The second-order valence-electron chi connectivity index (χ2n) is 5.05. The summed E-state index contributed by atoms with van der Waals surface area (Å²) in [7, 11) is 2.07. The monoisotopic (exact) mass is 221 g/mol. The van der Waals surface area contributed by atoms with Crippen LogP contribution in [-0.4, -0.2) is 22.9 Å². The van der Waals surface area contributed by atoms with Gasteiger partial charge in [0.2, 0.25) is 0 Å². The molecule has 0 amide bonds. The van der Waals surface area contributed by atoms with E-state index in [0.717, 1.165) is 5.92 Å². The first-order valence-corrected chi connectivity index (χ1v) is 6.42. The Labute approximate surface area is 98.2 Å². The average molecular weight is 221 g/mol. The predicted octanol–water partition coefficient (Wildman–Crippen LogP) is 2.53. The van der Waals surface area contributed by atoms with Gasteiger partial charge in [-0.15, -0.1) is 0 Å². The lowest BCUT2D eigenvalue weighted by Crippen LogP contribution is -2.40. The molecule has 3 heteroatoms. The summed E-state index contributed by atoms with van der Waals surface area (Å²) in [5, 5.41) is 7.93. The molecule has 16 heavy (non-hydrogen) atoms. The summed E-state index contributed by atoms with van der Waals surface area (Å²) in [6.07, 6.45) is 9.34. The SMILES string of the molecule is CCC1CCC(NC)C(n2cc(C)cn2)C1. The molecule has 1 fully saturated rings. The number of nitrogens with one attached hydrogen (secondary N) is 1. The fourth-order valence-corrected chi connectivity index (χ4v) is 2.85. The second kappa shape index (κ2) is 5.00. The van der Waals surface area contributed by atoms with Gasteiger partial charge in [0.05, 0.1) is 12.2 Å². The van der Waals surface area contributed by atoms with Crippen molar-refractivity contribution in [3.8, 4) is 0 Å². The summed E-state index contributed by atoms with van der Waals surface area (Å²) in [4.78, 5) is 0. The van der Waals surface area contributed by atoms with Crippen LogP contribution in [0.25, 0.3) is 0 Å². The highest BCUT2D eigenvalue weighted by molar-refractivity contribution is 5.02. The Kier molecular flexibility index (Phi) is 3.64. The van der Waals surface area contributed by atoms with E-state index >= 15 is 0 Å². The Morgan fingerprint density at radius 1 is 1.50 bits per heavy atom. The van der Waals surface area contributed by atoms with Crippen LogP contribution in [0.3, 0.4) is 0 Å². The summed E-state index contributed by atoms with van der Waals surface area (Å²) in [6, 6.07) is 1.12. The maximum absolute atomic E-state index is 4.48. The number of rotatable bonds is 3. The molecule has 0 aromatic carbocycles. The molecular weight excluding hydrogens is 198 g/mol. The summed E-state index contributed by atoms with van der Waals surface area (Å²) in [5.41, 5.74) is 1.26. The van der Waals surface area contributed by atoms with Crippen molar-refractivity contribution < 1.29 is 0 Å². The number of nitrogens with zero attached hydrogens (tertiary/aromatic N) is 2. The molecule has 2 rings (SSSR count). The van der Waals surface area contributed by atoms with E-state index in [1.807, 2.05) is 6.20 Å². The summed E-state index contributed by atoms with van der Waals surface area (Å²) >= 11 is 0. The molecule has 0 radical (unpaired) electrons. The van der Waals surface area contributed by atoms with Crippen molar-refractivity contribution in [2.45, 2.75) is 51.6 Å². The number of aromatic nitrogens is 2. The van der Waals surface area contributed by atoms with Crippen molar-refractivity contribution in [1.82, 2.24) is 15.1 Å². The standard InChI is InChI=1S/C13H23N3/c1-4-11-5-6-12(14-3)13(7-11)16-9-10(2)8-15-16/h8-9,11-14H,4-7H2,1-3H3. The first kappa shape index (κ1) is 11.6. The number of hydrogen-bond donors (Lipinski definition) is 1. The van der Waals surface area contributed by atoms with Crippen LogP contribution >= 0.6 is 0 Å². The third kappa shape index (κ3) is 2.29. The van der Waals surface area contributed by atoms with Crippen LogP contribution in [0.1, 0.15) is 44.2 Å². The van der Waals surface area contributed by atoms with Gasteiger partial charge >= 0.3 is 0 Å². The highest BCUT2D eigenvalue weighted by Gasteiger charge is 2.30. The topological polar surface area (TPSA) is 29.9 Å². The van der Waals surface area contributed by atoms with Crippen molar-refractivity contribution >= 4 is 0 Å². The maximum Gasteiger partial charge on any atom is 0.0674 e. The van der Waals surface area contributed by atoms with Crippen LogP contribution in [-0.2, 0) is 0 Å². The second-order valence-corrected chi connectivity index (χ2v) is 5.05. The molecule has 3 unspecified atom stereocenters. The zero-order valence-corrected chi connectivity index (χ0v) is 10.6. The van der Waals surface area contributed by atoms with Crippen molar-refractivity contribution in [2.75, 3.05) is 7.05 Å². The zero-order valence-electron chi connectivity index (χ0n) is 10.6. The molecule has 1 heterocycles. The molecular formula is C13H23N3. The van der Waals surface area contributed by atoms with Gasteiger partial charge in [-0.2, -0.15) is 5.10 Å². The quantitative estimate of drug-likeness (QED) is 0.850. The minimum absolute atomic E-state index is 0.539. The molecule has 90 valence electrons. The van der Waals surface area contributed by atoms with Gasteiger partial charge in [-0.05, 0) is 44.7 Å². The predicted molar refractivity (Wildman–Crippen MR) is 66.5 cm³/mol. The van der Waals surface area contributed by atoms with Gasteiger partial charge in [0.25, 0.3) is 0 Å². The van der Waals surface area contributed by atoms with E-state index in [4.69, 9.17) is 0 Å². The van der Waals surface area contributed by atoms with Crippen molar-refractivity contribution in [2.24, 2.45) is 5.92 Å². The van der Waals surface area contributed by atoms with Gasteiger partial charge < -0.3 is 5.32 Å². The molecule has 0 saturated heterocycles. The molecule has 1 aliphatic rings. The highest BCUT2D eigenvalue weighted by atomic mass is 15.3. The molecule has 1 N–H and O–H groups in total. The van der Waals surface area contributed by atoms with Crippen LogP contribution in [0.5, 0.6) is 0 Å². The lowest BCUT2D eigenvalue weighted by molar-refractivity contribution is 0.197. The lowest BCUT2D eigenvalue weighted by atomic mass is 9.81. The van der Waals surface area contributed by atoms with E-state index in [2.05, 4.69) is 42.2 Å². The molecule has 3 nitrogen and oxygen atoms in total. The van der Waals surface area contributed by atoms with E-state index < -0.39 is 0 Å². The molecule has 1 aliphatic carbocycles. The highest BCUT2D eigenvalue weighted by Crippen LogP contribution is 2.34. The molecule has 3 atom stereocenters. The van der Waals surface area contributed by atoms with E-state index in [-0.39, 0.29) is 0 Å². The lowest BCUT2D eigenvalue weighted by Gasteiger charge is -2.35. The van der Waals surface area contributed by atoms with Crippen LogP contribution in [0.4, 0.5) is 0 Å². The smallest absolute Gasteiger partial charge is 0.0674 e. The maximum atomic E-state index is 4.48. The van der Waals surface area contributed by atoms with Crippen LogP contribution in [0.15, 0.2) is 12.4 Å². The first-order chi connectivity index (χ1) is 7.74. The minimum atomic E-state index is 0.539. The summed E-state index contributed by atoms with van der Waals surface area (Å²) in [5.74, 6) is 0.874. The number of hydrogen-bond acceptors (Lipinski definition) is 2.